The molecule has 19 heavy (non-hydrogen) atoms. The number of aromatic amines is 1. The van der Waals surface area contributed by atoms with Gasteiger partial charge < -0.3 is 9.88 Å². The molecular formula is C12H12N4O2S. The fourth-order valence-electron chi connectivity index (χ4n) is 1.84. The first kappa shape index (κ1) is 12.0. The van der Waals surface area contributed by atoms with E-state index < -0.39 is 0 Å². The van der Waals surface area contributed by atoms with E-state index in [4.69, 9.17) is 0 Å². The summed E-state index contributed by atoms with van der Waals surface area (Å²) < 4.78 is 0. The van der Waals surface area contributed by atoms with Crippen molar-refractivity contribution in [3.63, 3.8) is 0 Å². The summed E-state index contributed by atoms with van der Waals surface area (Å²) in [6, 6.07) is 0.269. The van der Waals surface area contributed by atoms with Gasteiger partial charge in [-0.15, -0.1) is 11.3 Å². The van der Waals surface area contributed by atoms with Crippen molar-refractivity contribution in [1.82, 2.24) is 19.9 Å². The molecule has 1 aliphatic rings. The fourth-order valence-corrected chi connectivity index (χ4v) is 2.45. The lowest BCUT2D eigenvalue weighted by Crippen LogP contribution is -2.33. The van der Waals surface area contributed by atoms with E-state index >= 15 is 0 Å². The van der Waals surface area contributed by atoms with Crippen molar-refractivity contribution in [2.45, 2.75) is 25.4 Å². The van der Waals surface area contributed by atoms with Crippen LogP contribution in [-0.4, -0.2) is 31.8 Å². The van der Waals surface area contributed by atoms with Crippen molar-refractivity contribution in [3.05, 3.63) is 45.0 Å². The predicted molar refractivity (Wildman–Crippen MR) is 69.9 cm³/mol. The van der Waals surface area contributed by atoms with Gasteiger partial charge in [-0.05, 0) is 12.8 Å². The van der Waals surface area contributed by atoms with Gasteiger partial charge in [0.2, 0.25) is 0 Å². The number of carbonyl (C=O) groups is 1. The van der Waals surface area contributed by atoms with Crippen LogP contribution in [0.5, 0.6) is 0 Å². The Bertz CT molecular complexity index is 613. The molecule has 0 aromatic carbocycles. The second-order valence-electron chi connectivity index (χ2n) is 4.39. The Morgan fingerprint density at radius 3 is 2.89 bits per heavy atom. The van der Waals surface area contributed by atoms with E-state index in [1.807, 2.05) is 5.38 Å². The van der Waals surface area contributed by atoms with Crippen LogP contribution in [0.4, 0.5) is 0 Å². The smallest absolute Gasteiger partial charge is 0.274 e. The molecule has 0 unspecified atom stereocenters. The van der Waals surface area contributed by atoms with Crippen LogP contribution in [0.25, 0.3) is 0 Å². The third kappa shape index (κ3) is 2.70. The van der Waals surface area contributed by atoms with Gasteiger partial charge in [0.05, 0.1) is 12.7 Å². The molecule has 0 saturated heterocycles. The Kier molecular flexibility index (Phi) is 3.12. The van der Waals surface area contributed by atoms with Crippen LogP contribution < -0.4 is 5.56 Å². The molecule has 6 nitrogen and oxygen atoms in total. The first-order valence-electron chi connectivity index (χ1n) is 5.98. The molecule has 1 fully saturated rings. The van der Waals surface area contributed by atoms with E-state index in [-0.39, 0.29) is 23.2 Å². The predicted octanol–water partition coefficient (Wildman–Crippen LogP) is 1.03. The first-order valence-corrected chi connectivity index (χ1v) is 6.86. The number of nitrogens with one attached hydrogen (secondary N) is 1. The molecule has 1 amide bonds. The summed E-state index contributed by atoms with van der Waals surface area (Å²) in [7, 11) is 0. The van der Waals surface area contributed by atoms with Gasteiger partial charge in [0.25, 0.3) is 11.5 Å². The molecule has 3 rings (SSSR count). The molecule has 1 N–H and O–H groups in total. The van der Waals surface area contributed by atoms with Crippen molar-refractivity contribution < 1.29 is 4.79 Å². The summed E-state index contributed by atoms with van der Waals surface area (Å²) in [6.07, 6.45) is 6.25. The summed E-state index contributed by atoms with van der Waals surface area (Å²) in [5.74, 6) is -0.158. The third-order valence-corrected chi connectivity index (χ3v) is 3.69. The number of carbonyl (C=O) groups excluding carboxylic acids is 1. The number of hydrogen-bond donors (Lipinski definition) is 1. The fraction of sp³-hybridized carbons (Fsp3) is 0.333. The summed E-state index contributed by atoms with van der Waals surface area (Å²) in [5.41, 5.74) is -0.0440. The van der Waals surface area contributed by atoms with Gasteiger partial charge in [-0.1, -0.05) is 0 Å². The highest BCUT2D eigenvalue weighted by Crippen LogP contribution is 2.29. The molecule has 1 aliphatic carbocycles. The molecule has 0 atom stereocenters. The summed E-state index contributed by atoms with van der Waals surface area (Å²) >= 11 is 1.53. The van der Waals surface area contributed by atoms with Crippen LogP contribution in [-0.2, 0) is 6.54 Å². The van der Waals surface area contributed by atoms with Crippen LogP contribution >= 0.6 is 11.3 Å². The Morgan fingerprint density at radius 2 is 2.32 bits per heavy atom. The maximum absolute atomic E-state index is 12.4. The zero-order valence-electron chi connectivity index (χ0n) is 10.1. The highest BCUT2D eigenvalue weighted by atomic mass is 32.1. The molecule has 2 heterocycles. The van der Waals surface area contributed by atoms with Crippen molar-refractivity contribution in [3.8, 4) is 0 Å². The molecule has 0 bridgehead atoms. The average molecular weight is 276 g/mol. The molecule has 98 valence electrons. The lowest BCUT2D eigenvalue weighted by atomic mass is 10.3. The van der Waals surface area contributed by atoms with Crippen LogP contribution in [0, 0.1) is 0 Å². The van der Waals surface area contributed by atoms with E-state index in [1.165, 1.54) is 17.5 Å². The van der Waals surface area contributed by atoms with Crippen LogP contribution in [0.15, 0.2) is 28.8 Å². The lowest BCUT2D eigenvalue weighted by Gasteiger charge is -2.20. The monoisotopic (exact) mass is 276 g/mol. The number of rotatable bonds is 4. The zero-order chi connectivity index (χ0) is 13.2. The van der Waals surface area contributed by atoms with Gasteiger partial charge in [0, 0.05) is 23.8 Å². The van der Waals surface area contributed by atoms with Crippen LogP contribution in [0.3, 0.4) is 0 Å². The molecule has 0 aliphatic heterocycles. The van der Waals surface area contributed by atoms with Crippen molar-refractivity contribution in [2.75, 3.05) is 0 Å². The van der Waals surface area contributed by atoms with Gasteiger partial charge in [0.1, 0.15) is 10.7 Å². The second kappa shape index (κ2) is 4.93. The number of amides is 1. The SMILES string of the molecule is O=C(c1c[nH]c(=O)cn1)N(Cc1nccs1)C1CC1. The summed E-state index contributed by atoms with van der Waals surface area (Å²) in [6.45, 7) is 0.502. The van der Waals surface area contributed by atoms with E-state index in [0.717, 1.165) is 24.0 Å². The molecule has 7 heteroatoms. The number of aromatic nitrogens is 3. The molecule has 0 spiro atoms. The maximum atomic E-state index is 12.4. The minimum absolute atomic E-state index is 0.158. The van der Waals surface area contributed by atoms with Gasteiger partial charge in [-0.25, -0.2) is 9.97 Å². The minimum atomic E-state index is -0.311. The van der Waals surface area contributed by atoms with Gasteiger partial charge >= 0.3 is 0 Å². The minimum Gasteiger partial charge on any atom is -0.328 e. The van der Waals surface area contributed by atoms with Gasteiger partial charge in [-0.3, -0.25) is 9.59 Å². The Balaban J connectivity index is 1.81. The molecular weight excluding hydrogens is 264 g/mol. The largest absolute Gasteiger partial charge is 0.328 e. The van der Waals surface area contributed by atoms with Gasteiger partial charge in [0.15, 0.2) is 0 Å². The normalized spacial score (nSPS) is 14.3. The van der Waals surface area contributed by atoms with Crippen molar-refractivity contribution in [2.24, 2.45) is 0 Å². The van der Waals surface area contributed by atoms with E-state index in [9.17, 15) is 9.59 Å². The number of nitrogens with zero attached hydrogens (tertiary/aromatic N) is 3. The Morgan fingerprint density at radius 1 is 1.47 bits per heavy atom. The number of hydrogen-bond acceptors (Lipinski definition) is 5. The van der Waals surface area contributed by atoms with E-state index in [2.05, 4.69) is 15.0 Å². The zero-order valence-corrected chi connectivity index (χ0v) is 10.9. The van der Waals surface area contributed by atoms with Crippen LogP contribution in [0.2, 0.25) is 0 Å². The van der Waals surface area contributed by atoms with Crippen molar-refractivity contribution in [1.29, 1.82) is 0 Å². The van der Waals surface area contributed by atoms with E-state index in [0.29, 0.717) is 6.54 Å². The van der Waals surface area contributed by atoms with Crippen molar-refractivity contribution >= 4 is 17.2 Å². The van der Waals surface area contributed by atoms with Crippen LogP contribution in [0.1, 0.15) is 28.3 Å². The molecule has 1 saturated carbocycles. The highest BCUT2D eigenvalue weighted by Gasteiger charge is 2.34. The summed E-state index contributed by atoms with van der Waals surface area (Å²) in [4.78, 5) is 35.7. The average Bonchev–Trinajstić information content (AvgIpc) is 3.13. The Labute approximate surface area is 113 Å². The number of H-pyrrole nitrogens is 1. The van der Waals surface area contributed by atoms with Gasteiger partial charge in [-0.2, -0.15) is 0 Å². The quantitative estimate of drug-likeness (QED) is 0.904. The maximum Gasteiger partial charge on any atom is 0.274 e. The topological polar surface area (TPSA) is 79.0 Å². The first-order chi connectivity index (χ1) is 9.24. The highest BCUT2D eigenvalue weighted by molar-refractivity contribution is 7.09. The molecule has 2 aromatic heterocycles. The molecule has 0 radical (unpaired) electrons. The lowest BCUT2D eigenvalue weighted by molar-refractivity contribution is 0.0723. The third-order valence-electron chi connectivity index (χ3n) is 2.93. The summed E-state index contributed by atoms with van der Waals surface area (Å²) in [5, 5.41) is 2.80. The Hall–Kier alpha value is -2.02. The standard InChI is InChI=1S/C12H12N4O2S/c17-10-6-14-9(5-15-10)12(18)16(8-1-2-8)7-11-13-3-4-19-11/h3-6,8H,1-2,7H2,(H,15,17). The number of thiazole rings is 1. The molecule has 2 aromatic rings. The second-order valence-corrected chi connectivity index (χ2v) is 5.37. The van der Waals surface area contributed by atoms with E-state index in [1.54, 1.807) is 11.1 Å².